The smallest absolute Gasteiger partial charge is 0.205 e. The second-order valence-corrected chi connectivity index (χ2v) is 4.49. The fourth-order valence-electron chi connectivity index (χ4n) is 1.95. The van der Waals surface area contributed by atoms with Crippen LogP contribution in [0.25, 0.3) is 0 Å². The van der Waals surface area contributed by atoms with Crippen LogP contribution in [0.5, 0.6) is 0 Å². The van der Waals surface area contributed by atoms with Crippen molar-refractivity contribution in [1.82, 2.24) is 15.6 Å². The van der Waals surface area contributed by atoms with Gasteiger partial charge in [-0.3, -0.25) is 10.3 Å². The van der Waals surface area contributed by atoms with E-state index in [4.69, 9.17) is 15.3 Å². The minimum absolute atomic E-state index is 0.151. The van der Waals surface area contributed by atoms with E-state index in [1.165, 1.54) is 0 Å². The third-order valence-corrected chi connectivity index (χ3v) is 3.08. The average Bonchev–Trinajstić information content (AvgIpc) is 2.47. The molecule has 112 valence electrons. The van der Waals surface area contributed by atoms with Crippen LogP contribution in [0.3, 0.4) is 0 Å². The lowest BCUT2D eigenvalue weighted by molar-refractivity contribution is -0.0210. The zero-order valence-corrected chi connectivity index (χ0v) is 12.0. The molecule has 0 aliphatic carbocycles. The zero-order chi connectivity index (χ0) is 13.9. The fraction of sp³-hybridized carbons (Fsp3) is 0.917. The third kappa shape index (κ3) is 6.72. The number of morpholine rings is 1. The van der Waals surface area contributed by atoms with Crippen molar-refractivity contribution in [2.45, 2.75) is 19.4 Å². The van der Waals surface area contributed by atoms with Gasteiger partial charge in [-0.2, -0.15) is 0 Å². The summed E-state index contributed by atoms with van der Waals surface area (Å²) in [5, 5.41) is 3.13. The molecule has 0 spiro atoms. The number of ether oxygens (including phenoxy) is 2. The lowest BCUT2D eigenvalue weighted by atomic mass is 10.3. The molecule has 1 saturated heterocycles. The Morgan fingerprint density at radius 3 is 3.11 bits per heavy atom. The van der Waals surface area contributed by atoms with Crippen LogP contribution in [0.2, 0.25) is 0 Å². The molecule has 1 aliphatic rings. The molecule has 7 nitrogen and oxygen atoms in total. The monoisotopic (exact) mass is 273 g/mol. The van der Waals surface area contributed by atoms with Crippen molar-refractivity contribution in [3.05, 3.63) is 0 Å². The molecule has 0 radical (unpaired) electrons. The zero-order valence-electron chi connectivity index (χ0n) is 12.0. The molecule has 1 heterocycles. The third-order valence-electron chi connectivity index (χ3n) is 3.08. The number of hydrogen-bond acceptors (Lipinski definition) is 5. The largest absolute Gasteiger partial charge is 0.385 e. The number of guanidine groups is 1. The van der Waals surface area contributed by atoms with Crippen LogP contribution >= 0.6 is 0 Å². The Hall–Kier alpha value is -0.890. The molecule has 1 atom stereocenters. The van der Waals surface area contributed by atoms with Crippen molar-refractivity contribution in [3.63, 3.8) is 0 Å². The molecule has 0 aromatic carbocycles. The highest BCUT2D eigenvalue weighted by molar-refractivity contribution is 5.79. The summed E-state index contributed by atoms with van der Waals surface area (Å²) in [4.78, 5) is 6.78. The van der Waals surface area contributed by atoms with Crippen LogP contribution in [-0.4, -0.2) is 70.0 Å². The van der Waals surface area contributed by atoms with Crippen molar-refractivity contribution in [2.24, 2.45) is 10.8 Å². The summed E-state index contributed by atoms with van der Waals surface area (Å²) in [6.07, 6.45) is 1.07. The number of nitrogens with two attached hydrogens (primary N) is 1. The summed E-state index contributed by atoms with van der Waals surface area (Å²) in [6, 6.07) is 0. The minimum atomic E-state index is 0.151. The van der Waals surface area contributed by atoms with E-state index < -0.39 is 0 Å². The molecule has 0 aromatic rings. The lowest BCUT2D eigenvalue weighted by Gasteiger charge is -2.31. The normalized spacial score (nSPS) is 21.4. The Labute approximate surface area is 115 Å². The number of likely N-dealkylation sites (N-methyl/N-ethyl adjacent to an activating group) is 1. The summed E-state index contributed by atoms with van der Waals surface area (Å²) < 4.78 is 10.7. The van der Waals surface area contributed by atoms with E-state index >= 15 is 0 Å². The molecule has 0 aromatic heterocycles. The van der Waals surface area contributed by atoms with Crippen LogP contribution in [0.15, 0.2) is 4.99 Å². The van der Waals surface area contributed by atoms with Crippen LogP contribution in [0.1, 0.15) is 13.3 Å². The van der Waals surface area contributed by atoms with Gasteiger partial charge >= 0.3 is 0 Å². The van der Waals surface area contributed by atoms with Crippen LogP contribution in [-0.2, 0) is 9.47 Å². The Morgan fingerprint density at radius 2 is 2.42 bits per heavy atom. The Bertz CT molecular complexity index is 263. The van der Waals surface area contributed by atoms with Gasteiger partial charge in [-0.05, 0) is 13.0 Å². The highest BCUT2D eigenvalue weighted by Crippen LogP contribution is 2.04. The molecule has 0 bridgehead atoms. The molecular formula is C12H27N5O2. The molecule has 1 rings (SSSR count). The van der Waals surface area contributed by atoms with Crippen molar-refractivity contribution in [2.75, 3.05) is 53.0 Å². The van der Waals surface area contributed by atoms with Gasteiger partial charge in [0.1, 0.15) is 0 Å². The van der Waals surface area contributed by atoms with Crippen LogP contribution in [0.4, 0.5) is 0 Å². The number of nitrogens with one attached hydrogen (secondary N) is 2. The molecule has 4 N–H and O–H groups in total. The average molecular weight is 273 g/mol. The van der Waals surface area contributed by atoms with Gasteiger partial charge in [0.15, 0.2) is 0 Å². The predicted octanol–water partition coefficient (Wildman–Crippen LogP) is -0.847. The van der Waals surface area contributed by atoms with E-state index in [1.54, 1.807) is 7.11 Å². The van der Waals surface area contributed by atoms with Crippen molar-refractivity contribution in [3.8, 4) is 0 Å². The number of aliphatic imine (C=N–C) groups is 1. The predicted molar refractivity (Wildman–Crippen MR) is 76.0 cm³/mol. The van der Waals surface area contributed by atoms with E-state index in [2.05, 4.69) is 27.6 Å². The van der Waals surface area contributed by atoms with E-state index in [1.807, 2.05) is 0 Å². The SMILES string of the molecule is CCN1CCOC(CN=C(NN)NCCCOC)C1. The molecule has 19 heavy (non-hydrogen) atoms. The standard InChI is InChI=1S/C12H27N5O2/c1-3-17-6-8-19-11(10-17)9-15-12(16-13)14-5-4-7-18-2/h11H,3-10,13H2,1-2H3,(H2,14,15,16). The summed E-state index contributed by atoms with van der Waals surface area (Å²) in [6.45, 7) is 8.06. The number of hydrogen-bond donors (Lipinski definition) is 3. The Kier molecular flexibility index (Phi) is 8.48. The maximum absolute atomic E-state index is 5.68. The first-order valence-corrected chi connectivity index (χ1v) is 6.88. The first kappa shape index (κ1) is 16.2. The quantitative estimate of drug-likeness (QED) is 0.184. The van der Waals surface area contributed by atoms with Crippen molar-refractivity contribution in [1.29, 1.82) is 0 Å². The summed E-state index contributed by atoms with van der Waals surface area (Å²) in [5.74, 6) is 6.04. The second kappa shape index (κ2) is 9.96. The number of nitrogens with zero attached hydrogens (tertiary/aromatic N) is 2. The molecule has 1 aliphatic heterocycles. The van der Waals surface area contributed by atoms with Crippen LogP contribution < -0.4 is 16.6 Å². The number of hydrazine groups is 1. The molecule has 7 heteroatoms. The van der Waals surface area contributed by atoms with Gasteiger partial charge in [-0.25, -0.2) is 10.8 Å². The Balaban J connectivity index is 2.26. The van der Waals surface area contributed by atoms with E-state index in [0.29, 0.717) is 12.5 Å². The molecule has 1 fully saturated rings. The topological polar surface area (TPSA) is 84.1 Å². The molecule has 0 saturated carbocycles. The van der Waals surface area contributed by atoms with Gasteiger partial charge in [0, 0.05) is 33.4 Å². The van der Waals surface area contributed by atoms with Gasteiger partial charge in [0.05, 0.1) is 19.3 Å². The first-order chi connectivity index (χ1) is 9.30. The molecular weight excluding hydrogens is 246 g/mol. The second-order valence-electron chi connectivity index (χ2n) is 4.49. The van der Waals surface area contributed by atoms with Gasteiger partial charge in [-0.1, -0.05) is 6.92 Å². The highest BCUT2D eigenvalue weighted by Gasteiger charge is 2.18. The van der Waals surface area contributed by atoms with Gasteiger partial charge < -0.3 is 14.8 Å². The Morgan fingerprint density at radius 1 is 1.58 bits per heavy atom. The van der Waals surface area contributed by atoms with E-state index in [9.17, 15) is 0 Å². The maximum atomic E-state index is 5.68. The first-order valence-electron chi connectivity index (χ1n) is 6.88. The van der Waals surface area contributed by atoms with E-state index in [-0.39, 0.29) is 6.10 Å². The summed E-state index contributed by atoms with van der Waals surface area (Å²) in [7, 11) is 1.69. The minimum Gasteiger partial charge on any atom is -0.385 e. The van der Waals surface area contributed by atoms with Gasteiger partial charge in [0.25, 0.3) is 0 Å². The summed E-state index contributed by atoms with van der Waals surface area (Å²) in [5.41, 5.74) is 2.57. The van der Waals surface area contributed by atoms with Crippen LogP contribution in [0, 0.1) is 0 Å². The highest BCUT2D eigenvalue weighted by atomic mass is 16.5. The number of methoxy groups -OCH3 is 1. The van der Waals surface area contributed by atoms with E-state index in [0.717, 1.165) is 45.8 Å². The van der Waals surface area contributed by atoms with Crippen molar-refractivity contribution >= 4 is 5.96 Å². The van der Waals surface area contributed by atoms with Crippen molar-refractivity contribution < 1.29 is 9.47 Å². The molecule has 1 unspecified atom stereocenters. The summed E-state index contributed by atoms with van der Waals surface area (Å²) >= 11 is 0. The van der Waals surface area contributed by atoms with Gasteiger partial charge in [-0.15, -0.1) is 0 Å². The molecule has 0 amide bonds. The van der Waals surface area contributed by atoms with Gasteiger partial charge in [0.2, 0.25) is 5.96 Å². The number of rotatable bonds is 7. The fourth-order valence-corrected chi connectivity index (χ4v) is 1.95. The maximum Gasteiger partial charge on any atom is 0.205 e. The lowest BCUT2D eigenvalue weighted by Crippen LogP contribution is -2.45.